The molecule has 0 unspecified atom stereocenters. The molecule has 10 heteroatoms. The van der Waals surface area contributed by atoms with Gasteiger partial charge in [0.2, 0.25) is 0 Å². The summed E-state index contributed by atoms with van der Waals surface area (Å²) in [4.78, 5) is 35.6. The summed E-state index contributed by atoms with van der Waals surface area (Å²) in [7, 11) is 0. The van der Waals surface area contributed by atoms with Crippen LogP contribution in [0.15, 0.2) is 36.5 Å². The number of para-hydroxylation sites is 1. The number of rotatable bonds is 5. The number of carbonyl (C=O) groups is 2. The van der Waals surface area contributed by atoms with Gasteiger partial charge in [-0.3, -0.25) is 5.32 Å². The molecule has 2 aromatic heterocycles. The Hall–Kier alpha value is -3.95. The van der Waals surface area contributed by atoms with Crippen LogP contribution in [0.2, 0.25) is 0 Å². The van der Waals surface area contributed by atoms with Crippen LogP contribution in [0.3, 0.4) is 0 Å². The summed E-state index contributed by atoms with van der Waals surface area (Å²) < 4.78 is 0. The van der Waals surface area contributed by atoms with E-state index in [2.05, 4.69) is 30.9 Å². The maximum absolute atomic E-state index is 11.6. The van der Waals surface area contributed by atoms with E-state index in [-0.39, 0.29) is 34.3 Å². The first-order valence-electron chi connectivity index (χ1n) is 7.99. The molecule has 0 bridgehead atoms. The SMILES string of the molecule is CCNC(=O)Nc1ccc2ncc(Nc3c(O)cccc3C(=O)O)nc2n1. The van der Waals surface area contributed by atoms with Gasteiger partial charge < -0.3 is 20.8 Å². The zero-order chi connectivity index (χ0) is 19.4. The molecule has 0 saturated heterocycles. The highest BCUT2D eigenvalue weighted by Crippen LogP contribution is 2.30. The van der Waals surface area contributed by atoms with Crippen molar-refractivity contribution in [2.45, 2.75) is 6.92 Å². The fourth-order valence-corrected chi connectivity index (χ4v) is 2.33. The molecule has 138 valence electrons. The largest absolute Gasteiger partial charge is 0.506 e. The lowest BCUT2D eigenvalue weighted by Crippen LogP contribution is -2.28. The van der Waals surface area contributed by atoms with Gasteiger partial charge in [0.1, 0.15) is 17.1 Å². The van der Waals surface area contributed by atoms with Gasteiger partial charge in [-0.15, -0.1) is 0 Å². The van der Waals surface area contributed by atoms with Crippen molar-refractivity contribution in [1.29, 1.82) is 0 Å². The summed E-state index contributed by atoms with van der Waals surface area (Å²) in [5.74, 6) is -0.965. The van der Waals surface area contributed by atoms with E-state index < -0.39 is 12.0 Å². The molecule has 2 amide bonds. The first kappa shape index (κ1) is 17.9. The lowest BCUT2D eigenvalue weighted by Gasteiger charge is -2.11. The predicted molar refractivity (Wildman–Crippen MR) is 98.4 cm³/mol. The predicted octanol–water partition coefficient (Wildman–Crippen LogP) is 2.31. The molecule has 0 aliphatic heterocycles. The lowest BCUT2D eigenvalue weighted by atomic mass is 10.1. The first-order valence-corrected chi connectivity index (χ1v) is 7.99. The zero-order valence-electron chi connectivity index (χ0n) is 14.2. The molecule has 0 aliphatic carbocycles. The van der Waals surface area contributed by atoms with Crippen LogP contribution in [0.5, 0.6) is 5.75 Å². The number of hydrogen-bond donors (Lipinski definition) is 5. The minimum atomic E-state index is -1.20. The summed E-state index contributed by atoms with van der Waals surface area (Å²) in [6, 6.07) is 6.97. The van der Waals surface area contributed by atoms with E-state index >= 15 is 0 Å². The number of aromatic carboxylic acids is 1. The molecule has 2 heterocycles. The number of fused-ring (bicyclic) bond motifs is 1. The fraction of sp³-hybridized carbons (Fsp3) is 0.118. The molecule has 27 heavy (non-hydrogen) atoms. The Morgan fingerprint density at radius 3 is 2.63 bits per heavy atom. The highest BCUT2D eigenvalue weighted by Gasteiger charge is 2.15. The van der Waals surface area contributed by atoms with Crippen LogP contribution in [0.25, 0.3) is 11.2 Å². The van der Waals surface area contributed by atoms with E-state index in [1.807, 2.05) is 0 Å². The van der Waals surface area contributed by atoms with Gasteiger partial charge in [-0.2, -0.15) is 0 Å². The minimum Gasteiger partial charge on any atom is -0.506 e. The quantitative estimate of drug-likeness (QED) is 0.431. The number of hydrogen-bond acceptors (Lipinski definition) is 7. The molecule has 3 rings (SSSR count). The normalized spacial score (nSPS) is 10.4. The number of benzene rings is 1. The van der Waals surface area contributed by atoms with Gasteiger partial charge in [0.05, 0.1) is 17.4 Å². The fourth-order valence-electron chi connectivity index (χ4n) is 2.33. The van der Waals surface area contributed by atoms with Gasteiger partial charge >= 0.3 is 12.0 Å². The Morgan fingerprint density at radius 1 is 1.11 bits per heavy atom. The third-order valence-corrected chi connectivity index (χ3v) is 3.51. The summed E-state index contributed by atoms with van der Waals surface area (Å²) in [6.45, 7) is 2.26. The minimum absolute atomic E-state index is 0.00440. The third-order valence-electron chi connectivity index (χ3n) is 3.51. The van der Waals surface area contributed by atoms with Crippen LogP contribution in [0, 0.1) is 0 Å². The van der Waals surface area contributed by atoms with Crippen molar-refractivity contribution in [2.75, 3.05) is 17.2 Å². The number of urea groups is 1. The zero-order valence-corrected chi connectivity index (χ0v) is 14.2. The molecular weight excluding hydrogens is 352 g/mol. The Bertz CT molecular complexity index is 1020. The van der Waals surface area contributed by atoms with Crippen molar-refractivity contribution in [3.05, 3.63) is 42.1 Å². The number of phenols is 1. The standard InChI is InChI=1S/C17H16N6O4/c1-2-18-17(27)23-12-7-6-10-15(21-12)22-13(8-19-10)20-14-9(16(25)26)4-3-5-11(14)24/h3-8,24H,2H2,1H3,(H,25,26)(H3,18,20,21,22,23,27). The number of nitrogens with one attached hydrogen (secondary N) is 3. The number of phenolic OH excluding ortho intramolecular Hbond substituents is 1. The van der Waals surface area contributed by atoms with Gasteiger partial charge in [-0.25, -0.2) is 24.5 Å². The Labute approximate surface area is 153 Å². The first-order chi connectivity index (χ1) is 13.0. The highest BCUT2D eigenvalue weighted by atomic mass is 16.4. The van der Waals surface area contributed by atoms with E-state index in [9.17, 15) is 19.8 Å². The molecule has 0 spiro atoms. The van der Waals surface area contributed by atoms with Crippen LogP contribution in [-0.2, 0) is 0 Å². The Balaban J connectivity index is 1.92. The second-order valence-electron chi connectivity index (χ2n) is 5.41. The average Bonchev–Trinajstić information content (AvgIpc) is 2.63. The summed E-state index contributed by atoms with van der Waals surface area (Å²) in [5, 5.41) is 27.1. The van der Waals surface area contributed by atoms with Gasteiger partial charge in [0.15, 0.2) is 11.5 Å². The molecule has 0 fully saturated rings. The Morgan fingerprint density at radius 2 is 1.89 bits per heavy atom. The average molecular weight is 368 g/mol. The van der Waals surface area contributed by atoms with E-state index in [4.69, 9.17) is 0 Å². The number of carboxylic acids is 1. The van der Waals surface area contributed by atoms with Gasteiger partial charge in [-0.1, -0.05) is 6.07 Å². The van der Waals surface area contributed by atoms with Gasteiger partial charge in [0, 0.05) is 6.54 Å². The maximum atomic E-state index is 11.6. The summed E-state index contributed by atoms with van der Waals surface area (Å²) >= 11 is 0. The van der Waals surface area contributed by atoms with Gasteiger partial charge in [-0.05, 0) is 31.2 Å². The van der Waals surface area contributed by atoms with E-state index in [0.717, 1.165) is 0 Å². The second-order valence-corrected chi connectivity index (χ2v) is 5.41. The summed E-state index contributed by atoms with van der Waals surface area (Å²) in [5.41, 5.74) is 0.603. The van der Waals surface area contributed by atoms with Crippen molar-refractivity contribution >= 4 is 40.5 Å². The molecule has 3 aromatic rings. The lowest BCUT2D eigenvalue weighted by molar-refractivity contribution is 0.0697. The third kappa shape index (κ3) is 4.00. The molecule has 0 saturated carbocycles. The number of amides is 2. The van der Waals surface area contributed by atoms with Crippen LogP contribution in [0.4, 0.5) is 22.1 Å². The van der Waals surface area contributed by atoms with Crippen molar-refractivity contribution in [1.82, 2.24) is 20.3 Å². The number of aromatic hydroxyl groups is 1. The smallest absolute Gasteiger partial charge is 0.337 e. The Kier molecular flexibility index (Phi) is 4.97. The molecule has 1 aromatic carbocycles. The van der Waals surface area contributed by atoms with Crippen LogP contribution < -0.4 is 16.0 Å². The van der Waals surface area contributed by atoms with Crippen LogP contribution >= 0.6 is 0 Å². The molecule has 10 nitrogen and oxygen atoms in total. The van der Waals surface area contributed by atoms with Crippen molar-refractivity contribution in [2.24, 2.45) is 0 Å². The maximum Gasteiger partial charge on any atom is 0.337 e. The van der Waals surface area contributed by atoms with Crippen LogP contribution in [-0.4, -0.2) is 43.7 Å². The molecule has 0 aliphatic rings. The summed E-state index contributed by atoms with van der Waals surface area (Å²) in [6.07, 6.45) is 1.39. The number of nitrogens with zero attached hydrogens (tertiary/aromatic N) is 3. The van der Waals surface area contributed by atoms with E-state index in [1.165, 1.54) is 24.4 Å². The number of carboxylic acid groups (broad SMARTS) is 1. The topological polar surface area (TPSA) is 149 Å². The number of aromatic nitrogens is 3. The van der Waals surface area contributed by atoms with Crippen molar-refractivity contribution in [3.8, 4) is 5.75 Å². The molecule has 0 radical (unpaired) electrons. The van der Waals surface area contributed by atoms with E-state index in [1.54, 1.807) is 19.1 Å². The monoisotopic (exact) mass is 368 g/mol. The highest BCUT2D eigenvalue weighted by molar-refractivity contribution is 5.97. The number of anilines is 3. The van der Waals surface area contributed by atoms with Crippen molar-refractivity contribution in [3.63, 3.8) is 0 Å². The molecular formula is C17H16N6O4. The molecule has 0 atom stereocenters. The van der Waals surface area contributed by atoms with Crippen molar-refractivity contribution < 1.29 is 19.8 Å². The molecule has 5 N–H and O–H groups in total. The van der Waals surface area contributed by atoms with Crippen LogP contribution in [0.1, 0.15) is 17.3 Å². The van der Waals surface area contributed by atoms with E-state index in [0.29, 0.717) is 12.1 Å². The second kappa shape index (κ2) is 7.52. The number of carbonyl (C=O) groups excluding carboxylic acids is 1. The van der Waals surface area contributed by atoms with Gasteiger partial charge in [0.25, 0.3) is 0 Å². The number of pyridine rings is 1.